The van der Waals surface area contributed by atoms with E-state index in [0.717, 1.165) is 37.4 Å². The zero-order valence-electron chi connectivity index (χ0n) is 16.2. The molecule has 0 aliphatic carbocycles. The van der Waals surface area contributed by atoms with E-state index >= 15 is 0 Å². The van der Waals surface area contributed by atoms with Crippen LogP contribution in [0.2, 0.25) is 0 Å². The first-order valence-electron chi connectivity index (χ1n) is 9.78. The minimum Gasteiger partial charge on any atom is -0.462 e. The lowest BCUT2D eigenvalue weighted by Crippen LogP contribution is -2.44. The average Bonchev–Trinajstić information content (AvgIpc) is 2.75. The van der Waals surface area contributed by atoms with E-state index in [9.17, 15) is 9.59 Å². The fourth-order valence-electron chi connectivity index (χ4n) is 3.28. The highest BCUT2D eigenvalue weighted by Gasteiger charge is 2.17. The Kier molecular flexibility index (Phi) is 7.03. The Morgan fingerprint density at radius 1 is 1.07 bits per heavy atom. The maximum absolute atomic E-state index is 12.7. The van der Waals surface area contributed by atoms with Crippen LogP contribution in [-0.4, -0.2) is 51.2 Å². The summed E-state index contributed by atoms with van der Waals surface area (Å²) in [6.45, 7) is 6.34. The van der Waals surface area contributed by atoms with Crippen LogP contribution in [0.1, 0.15) is 33.2 Å². The van der Waals surface area contributed by atoms with Crippen LogP contribution in [0.5, 0.6) is 0 Å². The summed E-state index contributed by atoms with van der Waals surface area (Å²) < 4.78 is 4.99. The zero-order valence-corrected chi connectivity index (χ0v) is 16.2. The first-order chi connectivity index (χ1) is 13.7. The van der Waals surface area contributed by atoms with E-state index in [0.29, 0.717) is 30.7 Å². The van der Waals surface area contributed by atoms with Crippen LogP contribution in [0.15, 0.2) is 48.5 Å². The lowest BCUT2D eigenvalue weighted by Gasteiger charge is -2.30. The van der Waals surface area contributed by atoms with Crippen LogP contribution in [0.3, 0.4) is 0 Å². The minimum absolute atomic E-state index is 0.0581. The summed E-state index contributed by atoms with van der Waals surface area (Å²) >= 11 is 0. The Morgan fingerprint density at radius 2 is 1.79 bits per heavy atom. The van der Waals surface area contributed by atoms with Crippen molar-refractivity contribution in [2.24, 2.45) is 0 Å². The summed E-state index contributed by atoms with van der Waals surface area (Å²) in [6, 6.07) is 15.1. The third-order valence-corrected chi connectivity index (χ3v) is 4.77. The van der Waals surface area contributed by atoms with Crippen LogP contribution in [-0.2, 0) is 11.2 Å². The molecule has 0 radical (unpaired) electrons. The lowest BCUT2D eigenvalue weighted by atomic mass is 10.1. The summed E-state index contributed by atoms with van der Waals surface area (Å²) in [7, 11) is 0. The van der Waals surface area contributed by atoms with Gasteiger partial charge in [-0.1, -0.05) is 24.3 Å². The van der Waals surface area contributed by atoms with Crippen molar-refractivity contribution >= 4 is 17.6 Å². The molecule has 2 N–H and O–H groups in total. The molecule has 148 valence electrons. The number of rotatable bonds is 7. The van der Waals surface area contributed by atoms with Crippen molar-refractivity contribution in [1.29, 1.82) is 0 Å². The van der Waals surface area contributed by atoms with Crippen LogP contribution in [0, 0.1) is 0 Å². The predicted molar refractivity (Wildman–Crippen MR) is 110 cm³/mol. The molecule has 0 spiro atoms. The molecule has 1 heterocycles. The largest absolute Gasteiger partial charge is 0.462 e. The van der Waals surface area contributed by atoms with E-state index in [2.05, 4.69) is 15.5 Å². The number of anilines is 1. The smallest absolute Gasteiger partial charge is 0.338 e. The number of carbonyl (C=O) groups is 2. The first-order valence-corrected chi connectivity index (χ1v) is 9.78. The highest BCUT2D eigenvalue weighted by molar-refractivity contribution is 5.99. The van der Waals surface area contributed by atoms with Gasteiger partial charge in [-0.2, -0.15) is 0 Å². The molecule has 1 aliphatic rings. The number of amides is 1. The fraction of sp³-hybridized carbons (Fsp3) is 0.364. The SMILES string of the molecule is CCOC(=O)c1ccc(CCNC(=O)c2ccccc2N2CCNCC2)cc1. The molecule has 0 saturated carbocycles. The van der Waals surface area contributed by atoms with E-state index in [1.165, 1.54) is 0 Å². The Morgan fingerprint density at radius 3 is 2.50 bits per heavy atom. The van der Waals surface area contributed by atoms with Gasteiger partial charge in [-0.25, -0.2) is 4.79 Å². The standard InChI is InChI=1S/C22H27N3O3/c1-2-28-22(27)18-9-7-17(8-10-18)11-12-24-21(26)19-5-3-4-6-20(19)25-15-13-23-14-16-25/h3-10,23H,2,11-16H2,1H3,(H,24,26). The summed E-state index contributed by atoms with van der Waals surface area (Å²) in [5.74, 6) is -0.371. The minimum atomic E-state index is -0.313. The number of hydrogen-bond donors (Lipinski definition) is 2. The second-order valence-corrected chi connectivity index (χ2v) is 6.68. The van der Waals surface area contributed by atoms with Crippen LogP contribution in [0.4, 0.5) is 5.69 Å². The monoisotopic (exact) mass is 381 g/mol. The normalized spacial score (nSPS) is 13.8. The Labute approximate surface area is 165 Å². The van der Waals surface area contributed by atoms with Gasteiger partial charge >= 0.3 is 5.97 Å². The van der Waals surface area contributed by atoms with Gasteiger partial charge in [-0.05, 0) is 43.2 Å². The average molecular weight is 381 g/mol. The van der Waals surface area contributed by atoms with Crippen LogP contribution in [0.25, 0.3) is 0 Å². The van der Waals surface area contributed by atoms with Gasteiger partial charge in [0.2, 0.25) is 0 Å². The Bertz CT molecular complexity index is 799. The van der Waals surface area contributed by atoms with Gasteiger partial charge in [0.25, 0.3) is 5.91 Å². The van der Waals surface area contributed by atoms with Crippen molar-refractivity contribution in [3.8, 4) is 0 Å². The van der Waals surface area contributed by atoms with E-state index in [1.54, 1.807) is 19.1 Å². The van der Waals surface area contributed by atoms with Gasteiger partial charge in [0.1, 0.15) is 0 Å². The molecule has 2 aromatic carbocycles. The number of esters is 1. The molecule has 3 rings (SSSR count). The molecule has 1 saturated heterocycles. The third kappa shape index (κ3) is 5.10. The number of nitrogens with one attached hydrogen (secondary N) is 2. The highest BCUT2D eigenvalue weighted by Crippen LogP contribution is 2.20. The predicted octanol–water partition coefficient (Wildman–Crippen LogP) is 2.25. The van der Waals surface area contributed by atoms with Crippen LogP contribution < -0.4 is 15.5 Å². The Hall–Kier alpha value is -2.86. The van der Waals surface area contributed by atoms with Crippen molar-refractivity contribution in [1.82, 2.24) is 10.6 Å². The molecular formula is C22H27N3O3. The molecule has 1 amide bonds. The van der Waals surface area contributed by atoms with Crippen molar-refractivity contribution in [3.63, 3.8) is 0 Å². The second-order valence-electron chi connectivity index (χ2n) is 6.68. The molecule has 6 heteroatoms. The molecule has 0 aromatic heterocycles. The molecule has 6 nitrogen and oxygen atoms in total. The summed E-state index contributed by atoms with van der Waals surface area (Å²) in [4.78, 5) is 26.6. The van der Waals surface area contributed by atoms with Gasteiger partial charge < -0.3 is 20.3 Å². The molecule has 2 aromatic rings. The maximum atomic E-state index is 12.7. The number of carbonyl (C=O) groups excluding carboxylic acids is 2. The van der Waals surface area contributed by atoms with Crippen molar-refractivity contribution in [3.05, 3.63) is 65.2 Å². The number of hydrogen-bond acceptors (Lipinski definition) is 5. The van der Waals surface area contributed by atoms with Gasteiger partial charge in [-0.15, -0.1) is 0 Å². The quantitative estimate of drug-likeness (QED) is 0.720. The number of piperazine rings is 1. The topological polar surface area (TPSA) is 70.7 Å². The summed E-state index contributed by atoms with van der Waals surface area (Å²) in [5, 5.41) is 6.34. The molecule has 0 unspecified atom stereocenters. The summed E-state index contributed by atoms with van der Waals surface area (Å²) in [6.07, 6.45) is 0.699. The van der Waals surface area contributed by atoms with E-state index in [-0.39, 0.29) is 11.9 Å². The van der Waals surface area contributed by atoms with Crippen molar-refractivity contribution in [2.75, 3.05) is 44.2 Å². The number of benzene rings is 2. The van der Waals surface area contributed by atoms with Crippen molar-refractivity contribution < 1.29 is 14.3 Å². The number of nitrogens with zero attached hydrogens (tertiary/aromatic N) is 1. The second kappa shape index (κ2) is 9.90. The van der Waals surface area contributed by atoms with Gasteiger partial charge in [0, 0.05) is 38.4 Å². The molecular weight excluding hydrogens is 354 g/mol. The number of para-hydroxylation sites is 1. The van der Waals surface area contributed by atoms with Gasteiger partial charge in [-0.3, -0.25) is 4.79 Å². The molecule has 0 atom stereocenters. The van der Waals surface area contributed by atoms with Crippen molar-refractivity contribution in [2.45, 2.75) is 13.3 Å². The molecule has 1 fully saturated rings. The van der Waals surface area contributed by atoms with Gasteiger partial charge in [0.05, 0.1) is 17.7 Å². The van der Waals surface area contributed by atoms with Gasteiger partial charge in [0.15, 0.2) is 0 Å². The van der Waals surface area contributed by atoms with Crippen LogP contribution >= 0.6 is 0 Å². The maximum Gasteiger partial charge on any atom is 0.338 e. The molecule has 0 bridgehead atoms. The number of ether oxygens (including phenoxy) is 1. The first kappa shape index (κ1) is 19.9. The summed E-state index contributed by atoms with van der Waals surface area (Å²) in [5.41, 5.74) is 3.30. The molecule has 1 aliphatic heterocycles. The molecule has 28 heavy (non-hydrogen) atoms. The lowest BCUT2D eigenvalue weighted by molar-refractivity contribution is 0.0526. The van der Waals surface area contributed by atoms with E-state index in [4.69, 9.17) is 4.74 Å². The third-order valence-electron chi connectivity index (χ3n) is 4.77. The van der Waals surface area contributed by atoms with E-state index < -0.39 is 0 Å². The fourth-order valence-corrected chi connectivity index (χ4v) is 3.28. The Balaban J connectivity index is 1.55. The van der Waals surface area contributed by atoms with E-state index in [1.807, 2.05) is 36.4 Å². The zero-order chi connectivity index (χ0) is 19.8. The highest BCUT2D eigenvalue weighted by atomic mass is 16.5.